The molecule has 100 valence electrons. The summed E-state index contributed by atoms with van der Waals surface area (Å²) in [4.78, 5) is 0. The SMILES string of the molecule is CC(C)c1cccc(OC2CCCCCC2N)c1. The third-order valence-corrected chi connectivity index (χ3v) is 3.82. The molecule has 2 N–H and O–H groups in total. The van der Waals surface area contributed by atoms with Crippen molar-refractivity contribution < 1.29 is 4.74 Å². The number of benzene rings is 1. The zero-order valence-corrected chi connectivity index (χ0v) is 11.6. The smallest absolute Gasteiger partial charge is 0.120 e. The Labute approximate surface area is 111 Å². The molecule has 0 spiro atoms. The molecule has 1 aliphatic rings. The van der Waals surface area contributed by atoms with Crippen molar-refractivity contribution in [3.63, 3.8) is 0 Å². The van der Waals surface area contributed by atoms with Crippen molar-refractivity contribution in [2.75, 3.05) is 0 Å². The summed E-state index contributed by atoms with van der Waals surface area (Å²) in [6, 6.07) is 8.62. The molecule has 1 aliphatic carbocycles. The number of rotatable bonds is 3. The van der Waals surface area contributed by atoms with Gasteiger partial charge in [-0.1, -0.05) is 38.8 Å². The van der Waals surface area contributed by atoms with Crippen LogP contribution in [0.15, 0.2) is 24.3 Å². The Bertz CT molecular complexity index is 375. The normalized spacial score (nSPS) is 24.9. The Kier molecular flexibility index (Phi) is 4.65. The van der Waals surface area contributed by atoms with Crippen LogP contribution in [0.1, 0.15) is 57.4 Å². The van der Waals surface area contributed by atoms with Gasteiger partial charge in [0.25, 0.3) is 0 Å². The molecule has 1 saturated carbocycles. The van der Waals surface area contributed by atoms with Gasteiger partial charge >= 0.3 is 0 Å². The number of hydrogen-bond acceptors (Lipinski definition) is 2. The van der Waals surface area contributed by atoms with Gasteiger partial charge in [-0.25, -0.2) is 0 Å². The van der Waals surface area contributed by atoms with Crippen LogP contribution in [-0.2, 0) is 0 Å². The molecule has 0 amide bonds. The molecule has 1 aromatic carbocycles. The van der Waals surface area contributed by atoms with Gasteiger partial charge in [0.1, 0.15) is 11.9 Å². The van der Waals surface area contributed by atoms with E-state index < -0.39 is 0 Å². The first kappa shape index (κ1) is 13.4. The molecular formula is C16H25NO. The zero-order chi connectivity index (χ0) is 13.0. The Morgan fingerprint density at radius 3 is 2.72 bits per heavy atom. The lowest BCUT2D eigenvalue weighted by atomic mass is 10.0. The third kappa shape index (κ3) is 3.49. The molecule has 2 unspecified atom stereocenters. The Morgan fingerprint density at radius 2 is 1.94 bits per heavy atom. The molecule has 0 aromatic heterocycles. The fourth-order valence-corrected chi connectivity index (χ4v) is 2.57. The summed E-state index contributed by atoms with van der Waals surface area (Å²) in [5, 5.41) is 0. The van der Waals surface area contributed by atoms with Crippen LogP contribution in [0.25, 0.3) is 0 Å². The van der Waals surface area contributed by atoms with Crippen molar-refractivity contribution in [2.24, 2.45) is 5.73 Å². The van der Waals surface area contributed by atoms with Crippen molar-refractivity contribution in [3.8, 4) is 5.75 Å². The Morgan fingerprint density at radius 1 is 1.17 bits per heavy atom. The summed E-state index contributed by atoms with van der Waals surface area (Å²) in [6.45, 7) is 4.41. The molecule has 0 aliphatic heterocycles. The van der Waals surface area contributed by atoms with Crippen LogP contribution in [0.5, 0.6) is 5.75 Å². The molecule has 1 aromatic rings. The van der Waals surface area contributed by atoms with Crippen LogP contribution in [0.4, 0.5) is 0 Å². The van der Waals surface area contributed by atoms with E-state index in [1.165, 1.54) is 24.8 Å². The zero-order valence-electron chi connectivity index (χ0n) is 11.6. The highest BCUT2D eigenvalue weighted by Crippen LogP contribution is 2.25. The largest absolute Gasteiger partial charge is 0.489 e. The minimum atomic E-state index is 0.190. The fourth-order valence-electron chi connectivity index (χ4n) is 2.57. The van der Waals surface area contributed by atoms with Gasteiger partial charge in [0.2, 0.25) is 0 Å². The van der Waals surface area contributed by atoms with Gasteiger partial charge in [0.15, 0.2) is 0 Å². The molecule has 2 rings (SSSR count). The van der Waals surface area contributed by atoms with Gasteiger partial charge in [-0.2, -0.15) is 0 Å². The Balaban J connectivity index is 2.05. The van der Waals surface area contributed by atoms with E-state index in [2.05, 4.69) is 32.0 Å². The highest BCUT2D eigenvalue weighted by molar-refractivity contribution is 5.30. The van der Waals surface area contributed by atoms with E-state index >= 15 is 0 Å². The van der Waals surface area contributed by atoms with Gasteiger partial charge in [-0.05, 0) is 42.9 Å². The molecular weight excluding hydrogens is 222 g/mol. The average molecular weight is 247 g/mol. The van der Waals surface area contributed by atoms with Crippen LogP contribution in [0.2, 0.25) is 0 Å². The molecule has 1 fully saturated rings. The van der Waals surface area contributed by atoms with Gasteiger partial charge in [0, 0.05) is 6.04 Å². The molecule has 0 heterocycles. The van der Waals surface area contributed by atoms with Crippen LogP contribution in [0.3, 0.4) is 0 Å². The van der Waals surface area contributed by atoms with Crippen LogP contribution >= 0.6 is 0 Å². The maximum absolute atomic E-state index is 6.20. The van der Waals surface area contributed by atoms with Crippen molar-refractivity contribution in [1.29, 1.82) is 0 Å². The first-order valence-electron chi connectivity index (χ1n) is 7.19. The highest BCUT2D eigenvalue weighted by atomic mass is 16.5. The quantitative estimate of drug-likeness (QED) is 0.823. The van der Waals surface area contributed by atoms with Gasteiger partial charge in [-0.15, -0.1) is 0 Å². The summed E-state index contributed by atoms with van der Waals surface area (Å²) >= 11 is 0. The maximum atomic E-state index is 6.20. The summed E-state index contributed by atoms with van der Waals surface area (Å²) in [7, 11) is 0. The standard InChI is InChI=1S/C16H25NO/c1-12(2)13-7-6-8-14(11-13)18-16-10-5-3-4-9-15(16)17/h6-8,11-12,15-16H,3-5,9-10,17H2,1-2H3. The lowest BCUT2D eigenvalue weighted by Crippen LogP contribution is -2.37. The summed E-state index contributed by atoms with van der Waals surface area (Å²) in [5.74, 6) is 1.51. The average Bonchev–Trinajstić information content (AvgIpc) is 2.55. The lowest BCUT2D eigenvalue weighted by molar-refractivity contribution is 0.162. The van der Waals surface area contributed by atoms with E-state index in [4.69, 9.17) is 10.5 Å². The van der Waals surface area contributed by atoms with E-state index in [9.17, 15) is 0 Å². The van der Waals surface area contributed by atoms with Gasteiger partial charge < -0.3 is 10.5 Å². The van der Waals surface area contributed by atoms with Crippen LogP contribution in [0, 0.1) is 0 Å². The van der Waals surface area contributed by atoms with E-state index in [1.54, 1.807) is 0 Å². The predicted octanol–water partition coefficient (Wildman–Crippen LogP) is 3.85. The minimum absolute atomic E-state index is 0.190. The van der Waals surface area contributed by atoms with Crippen molar-refractivity contribution in [2.45, 2.75) is 64.0 Å². The second-order valence-electron chi connectivity index (χ2n) is 5.69. The number of ether oxygens (including phenoxy) is 1. The molecule has 2 atom stereocenters. The second kappa shape index (κ2) is 6.24. The lowest BCUT2D eigenvalue weighted by Gasteiger charge is -2.23. The maximum Gasteiger partial charge on any atom is 0.120 e. The van der Waals surface area contributed by atoms with Crippen molar-refractivity contribution in [3.05, 3.63) is 29.8 Å². The molecule has 2 nitrogen and oxygen atoms in total. The van der Waals surface area contributed by atoms with Gasteiger partial charge in [0.05, 0.1) is 0 Å². The number of hydrogen-bond donors (Lipinski definition) is 1. The monoisotopic (exact) mass is 247 g/mol. The van der Waals surface area contributed by atoms with Crippen LogP contribution in [-0.4, -0.2) is 12.1 Å². The molecule has 2 heteroatoms. The fraction of sp³-hybridized carbons (Fsp3) is 0.625. The van der Waals surface area contributed by atoms with Gasteiger partial charge in [-0.3, -0.25) is 0 Å². The molecule has 18 heavy (non-hydrogen) atoms. The minimum Gasteiger partial charge on any atom is -0.489 e. The first-order chi connectivity index (χ1) is 8.66. The molecule has 0 bridgehead atoms. The number of nitrogens with two attached hydrogens (primary N) is 1. The topological polar surface area (TPSA) is 35.2 Å². The van der Waals surface area contributed by atoms with E-state index in [0.717, 1.165) is 18.6 Å². The third-order valence-electron chi connectivity index (χ3n) is 3.82. The first-order valence-corrected chi connectivity index (χ1v) is 7.19. The van der Waals surface area contributed by atoms with Crippen molar-refractivity contribution in [1.82, 2.24) is 0 Å². The van der Waals surface area contributed by atoms with Crippen LogP contribution < -0.4 is 10.5 Å². The predicted molar refractivity (Wildman–Crippen MR) is 76.0 cm³/mol. The highest BCUT2D eigenvalue weighted by Gasteiger charge is 2.22. The van der Waals surface area contributed by atoms with E-state index in [1.807, 2.05) is 6.07 Å². The second-order valence-corrected chi connectivity index (χ2v) is 5.69. The van der Waals surface area contributed by atoms with E-state index in [-0.39, 0.29) is 12.1 Å². The summed E-state index contributed by atoms with van der Waals surface area (Å²) < 4.78 is 6.11. The summed E-state index contributed by atoms with van der Waals surface area (Å²) in [6.07, 6.45) is 6.14. The summed E-state index contributed by atoms with van der Waals surface area (Å²) in [5.41, 5.74) is 7.53. The molecule has 0 saturated heterocycles. The van der Waals surface area contributed by atoms with E-state index in [0.29, 0.717) is 5.92 Å². The Hall–Kier alpha value is -1.02. The van der Waals surface area contributed by atoms with Crippen molar-refractivity contribution >= 4 is 0 Å². The molecule has 0 radical (unpaired) electrons.